The van der Waals surface area contributed by atoms with Crippen LogP contribution in [0.15, 0.2) is 34.7 Å². The number of carbonyl (C=O) groups is 3. The minimum Gasteiger partial charge on any atom is -0.472 e. The van der Waals surface area contributed by atoms with Crippen LogP contribution in [-0.2, 0) is 28.6 Å². The lowest BCUT2D eigenvalue weighted by Gasteiger charge is -2.51. The van der Waals surface area contributed by atoms with Gasteiger partial charge in [0.2, 0.25) is 0 Å². The molecule has 7 heteroatoms. The van der Waals surface area contributed by atoms with Crippen molar-refractivity contribution in [2.75, 3.05) is 14.2 Å². The Bertz CT molecular complexity index is 839. The third-order valence-corrected chi connectivity index (χ3v) is 7.21. The standard InChI is InChI=1S/C22H26O7/c1-12-9-15(20(24)27-3)18-14(19(23)26-2)5-4-6-16(18)22(12)10-17(29-21(22)25)13-7-8-28-11-13/h5,7-8,11-12,15-18H,4,6,9-10H2,1-3H3. The van der Waals surface area contributed by atoms with Crippen molar-refractivity contribution in [1.82, 2.24) is 0 Å². The normalized spacial score (nSPS) is 36.2. The maximum atomic E-state index is 13.3. The van der Waals surface area contributed by atoms with E-state index in [4.69, 9.17) is 18.6 Å². The highest BCUT2D eigenvalue weighted by atomic mass is 16.6. The lowest BCUT2D eigenvalue weighted by Crippen LogP contribution is -2.54. The minimum absolute atomic E-state index is 0.0887. The zero-order valence-corrected chi connectivity index (χ0v) is 16.9. The second kappa shape index (κ2) is 7.35. The average Bonchev–Trinajstić information content (AvgIpc) is 3.38. The predicted octanol–water partition coefficient (Wildman–Crippen LogP) is 3.21. The zero-order valence-electron chi connectivity index (χ0n) is 16.9. The number of cyclic esters (lactones) is 1. The Morgan fingerprint density at radius 3 is 2.69 bits per heavy atom. The number of allylic oxidation sites excluding steroid dienone is 1. The lowest BCUT2D eigenvalue weighted by atomic mass is 9.49. The molecule has 1 aromatic heterocycles. The summed E-state index contributed by atoms with van der Waals surface area (Å²) < 4.78 is 21.0. The molecule has 1 aromatic rings. The molecule has 1 aliphatic heterocycles. The molecule has 6 unspecified atom stereocenters. The number of rotatable bonds is 3. The first-order valence-electron chi connectivity index (χ1n) is 10.0. The summed E-state index contributed by atoms with van der Waals surface area (Å²) in [5.41, 5.74) is 0.545. The molecule has 156 valence electrons. The highest BCUT2D eigenvalue weighted by Gasteiger charge is 2.65. The fraction of sp³-hybridized carbons (Fsp3) is 0.591. The first kappa shape index (κ1) is 19.7. The van der Waals surface area contributed by atoms with Gasteiger partial charge in [-0.05, 0) is 37.2 Å². The Morgan fingerprint density at radius 2 is 2.03 bits per heavy atom. The summed E-state index contributed by atoms with van der Waals surface area (Å²) in [6, 6.07) is 1.81. The van der Waals surface area contributed by atoms with Crippen LogP contribution in [-0.4, -0.2) is 32.1 Å². The van der Waals surface area contributed by atoms with Gasteiger partial charge in [0.05, 0.1) is 38.1 Å². The molecule has 4 rings (SSSR count). The van der Waals surface area contributed by atoms with Crippen LogP contribution in [0.25, 0.3) is 0 Å². The highest BCUT2D eigenvalue weighted by molar-refractivity contribution is 5.91. The maximum absolute atomic E-state index is 13.3. The average molecular weight is 402 g/mol. The van der Waals surface area contributed by atoms with E-state index >= 15 is 0 Å². The van der Waals surface area contributed by atoms with E-state index in [0.29, 0.717) is 31.3 Å². The molecule has 2 fully saturated rings. The van der Waals surface area contributed by atoms with Crippen molar-refractivity contribution >= 4 is 17.9 Å². The third-order valence-electron chi connectivity index (χ3n) is 7.21. The maximum Gasteiger partial charge on any atom is 0.333 e. The van der Waals surface area contributed by atoms with E-state index in [0.717, 1.165) is 5.56 Å². The van der Waals surface area contributed by atoms with Gasteiger partial charge >= 0.3 is 17.9 Å². The first-order chi connectivity index (χ1) is 13.9. The van der Waals surface area contributed by atoms with Crippen LogP contribution in [0.3, 0.4) is 0 Å². The monoisotopic (exact) mass is 402 g/mol. The molecule has 0 N–H and O–H groups in total. The van der Waals surface area contributed by atoms with Crippen molar-refractivity contribution < 1.29 is 33.0 Å². The molecule has 7 nitrogen and oxygen atoms in total. The van der Waals surface area contributed by atoms with E-state index in [9.17, 15) is 14.4 Å². The van der Waals surface area contributed by atoms with E-state index in [1.165, 1.54) is 14.2 Å². The Kier molecular flexibility index (Phi) is 5.00. The molecular weight excluding hydrogens is 376 g/mol. The van der Waals surface area contributed by atoms with Crippen molar-refractivity contribution in [3.63, 3.8) is 0 Å². The highest BCUT2D eigenvalue weighted by Crippen LogP contribution is 2.62. The number of hydrogen-bond donors (Lipinski definition) is 0. The Morgan fingerprint density at radius 1 is 1.24 bits per heavy atom. The molecule has 6 atom stereocenters. The minimum atomic E-state index is -0.759. The van der Waals surface area contributed by atoms with E-state index < -0.39 is 23.2 Å². The van der Waals surface area contributed by atoms with Gasteiger partial charge in [0, 0.05) is 23.5 Å². The van der Waals surface area contributed by atoms with Gasteiger partial charge in [-0.3, -0.25) is 9.59 Å². The van der Waals surface area contributed by atoms with Crippen molar-refractivity contribution in [2.45, 2.75) is 38.7 Å². The molecule has 0 radical (unpaired) electrons. The van der Waals surface area contributed by atoms with Crippen molar-refractivity contribution in [3.05, 3.63) is 35.8 Å². The van der Waals surface area contributed by atoms with Crippen LogP contribution in [0, 0.1) is 29.1 Å². The number of carbonyl (C=O) groups excluding carboxylic acids is 3. The lowest BCUT2D eigenvalue weighted by molar-refractivity contribution is -0.168. The molecule has 2 heterocycles. The van der Waals surface area contributed by atoms with E-state index in [2.05, 4.69) is 0 Å². The number of fused-ring (bicyclic) bond motifs is 2. The summed E-state index contributed by atoms with van der Waals surface area (Å²) in [5, 5.41) is 0. The smallest absolute Gasteiger partial charge is 0.333 e. The van der Waals surface area contributed by atoms with Crippen molar-refractivity contribution in [1.29, 1.82) is 0 Å². The van der Waals surface area contributed by atoms with E-state index in [1.807, 2.05) is 13.0 Å². The summed E-state index contributed by atoms with van der Waals surface area (Å²) in [7, 11) is 2.69. The van der Waals surface area contributed by atoms with Gasteiger partial charge in [0.15, 0.2) is 0 Å². The fourth-order valence-electron chi connectivity index (χ4n) is 5.88. The predicted molar refractivity (Wildman–Crippen MR) is 100 cm³/mol. The van der Waals surface area contributed by atoms with E-state index in [1.54, 1.807) is 18.6 Å². The molecule has 0 bridgehead atoms. The molecule has 3 aliphatic rings. The van der Waals surface area contributed by atoms with Gasteiger partial charge in [0.25, 0.3) is 0 Å². The second-order valence-electron chi connectivity index (χ2n) is 8.32. The fourth-order valence-corrected chi connectivity index (χ4v) is 5.88. The third kappa shape index (κ3) is 2.90. The molecule has 1 spiro atoms. The zero-order chi connectivity index (χ0) is 20.8. The SMILES string of the molecule is COC(=O)C1=CCCC2C1C(C(=O)OC)CC(C)C21CC(c2ccoc2)OC1=O. The summed E-state index contributed by atoms with van der Waals surface area (Å²) in [6.07, 6.45) is 6.94. The van der Waals surface area contributed by atoms with Gasteiger partial charge in [-0.1, -0.05) is 13.0 Å². The van der Waals surface area contributed by atoms with Gasteiger partial charge in [-0.15, -0.1) is 0 Å². The Hall–Kier alpha value is -2.57. The van der Waals surface area contributed by atoms with Crippen LogP contribution in [0.2, 0.25) is 0 Å². The number of furan rings is 1. The number of esters is 3. The van der Waals surface area contributed by atoms with Gasteiger partial charge < -0.3 is 18.6 Å². The van der Waals surface area contributed by atoms with Crippen LogP contribution < -0.4 is 0 Å². The van der Waals surface area contributed by atoms with Crippen LogP contribution >= 0.6 is 0 Å². The van der Waals surface area contributed by atoms with E-state index in [-0.39, 0.29) is 29.9 Å². The summed E-state index contributed by atoms with van der Waals surface area (Å²) in [6.45, 7) is 2.00. The van der Waals surface area contributed by atoms with Crippen molar-refractivity contribution in [2.24, 2.45) is 29.1 Å². The van der Waals surface area contributed by atoms with Crippen LogP contribution in [0.4, 0.5) is 0 Å². The number of ether oxygens (including phenoxy) is 3. The summed E-state index contributed by atoms with van der Waals surface area (Å²) in [5.74, 6) is -2.24. The summed E-state index contributed by atoms with van der Waals surface area (Å²) in [4.78, 5) is 38.5. The first-order valence-corrected chi connectivity index (χ1v) is 10.0. The van der Waals surface area contributed by atoms with Gasteiger partial charge in [-0.25, -0.2) is 4.79 Å². The Labute approximate surface area is 169 Å². The Balaban J connectivity index is 1.77. The topological polar surface area (TPSA) is 92.0 Å². The molecule has 2 aliphatic carbocycles. The molecule has 29 heavy (non-hydrogen) atoms. The molecule has 0 aromatic carbocycles. The quantitative estimate of drug-likeness (QED) is 0.566. The molecule has 0 amide bonds. The van der Waals surface area contributed by atoms with Crippen LogP contribution in [0.1, 0.15) is 44.3 Å². The second-order valence-corrected chi connectivity index (χ2v) is 8.32. The molecule has 1 saturated heterocycles. The van der Waals surface area contributed by atoms with Crippen molar-refractivity contribution in [3.8, 4) is 0 Å². The largest absolute Gasteiger partial charge is 0.472 e. The number of hydrogen-bond acceptors (Lipinski definition) is 7. The number of methoxy groups -OCH3 is 2. The van der Waals surface area contributed by atoms with Crippen LogP contribution in [0.5, 0.6) is 0 Å². The summed E-state index contributed by atoms with van der Waals surface area (Å²) >= 11 is 0. The van der Waals surface area contributed by atoms with Gasteiger partial charge in [-0.2, -0.15) is 0 Å². The molecule has 1 saturated carbocycles. The molecular formula is C22H26O7. The van der Waals surface area contributed by atoms with Gasteiger partial charge in [0.1, 0.15) is 6.10 Å².